The molecule has 0 bridgehead atoms. The molecule has 96 valence electrons. The van der Waals surface area contributed by atoms with E-state index in [9.17, 15) is 5.11 Å². The maximum Gasteiger partial charge on any atom is 0.0627 e. The van der Waals surface area contributed by atoms with Gasteiger partial charge in [-0.3, -0.25) is 4.68 Å². The summed E-state index contributed by atoms with van der Waals surface area (Å²) < 4.78 is 1.86. The van der Waals surface area contributed by atoms with Crippen LogP contribution in [0.1, 0.15) is 49.4 Å². The van der Waals surface area contributed by atoms with E-state index in [1.54, 1.807) is 0 Å². The molecule has 2 N–H and O–H groups in total. The van der Waals surface area contributed by atoms with Crippen molar-refractivity contribution in [3.8, 4) is 0 Å². The number of hydrogen-bond acceptors (Lipinski definition) is 3. The lowest BCUT2D eigenvalue weighted by Crippen LogP contribution is -2.36. The van der Waals surface area contributed by atoms with Gasteiger partial charge in [0.1, 0.15) is 0 Å². The van der Waals surface area contributed by atoms with Crippen LogP contribution < -0.4 is 5.32 Å². The van der Waals surface area contributed by atoms with E-state index < -0.39 is 0 Å². The van der Waals surface area contributed by atoms with Gasteiger partial charge < -0.3 is 10.4 Å². The minimum absolute atomic E-state index is 0.0341. The minimum atomic E-state index is 0.0341. The van der Waals surface area contributed by atoms with Crippen molar-refractivity contribution >= 4 is 0 Å². The topological polar surface area (TPSA) is 50.1 Å². The highest BCUT2D eigenvalue weighted by Gasteiger charge is 2.21. The van der Waals surface area contributed by atoms with E-state index in [1.165, 1.54) is 32.1 Å². The number of nitrogens with one attached hydrogen (secondary N) is 1. The number of aliphatic hydroxyl groups excluding tert-OH is 1. The van der Waals surface area contributed by atoms with Crippen molar-refractivity contribution in [2.75, 3.05) is 6.61 Å². The van der Waals surface area contributed by atoms with Gasteiger partial charge in [0.05, 0.1) is 18.8 Å². The van der Waals surface area contributed by atoms with E-state index in [-0.39, 0.29) is 12.6 Å². The van der Waals surface area contributed by atoms with Crippen molar-refractivity contribution < 1.29 is 5.11 Å². The molecular formula is C13H23N3O. The lowest BCUT2D eigenvalue weighted by molar-refractivity contribution is 0.220. The van der Waals surface area contributed by atoms with E-state index in [4.69, 9.17) is 0 Å². The number of rotatable bonds is 4. The Balaban J connectivity index is 2.03. The average Bonchev–Trinajstić information content (AvgIpc) is 2.69. The van der Waals surface area contributed by atoms with Gasteiger partial charge in [-0.15, -0.1) is 0 Å². The smallest absolute Gasteiger partial charge is 0.0627 e. The lowest BCUT2D eigenvalue weighted by Gasteiger charge is -2.27. The molecule has 1 unspecified atom stereocenters. The second-order valence-corrected chi connectivity index (χ2v) is 5.05. The SMILES string of the molecule is Cc1c(C(CO)NC2CCCCC2)cnn1C. The highest BCUT2D eigenvalue weighted by Crippen LogP contribution is 2.22. The largest absolute Gasteiger partial charge is 0.394 e. The monoisotopic (exact) mass is 237 g/mol. The molecule has 0 spiro atoms. The maximum atomic E-state index is 9.54. The predicted molar refractivity (Wildman–Crippen MR) is 67.8 cm³/mol. The fourth-order valence-electron chi connectivity index (χ4n) is 2.65. The van der Waals surface area contributed by atoms with Gasteiger partial charge >= 0.3 is 0 Å². The first kappa shape index (κ1) is 12.6. The first-order valence-electron chi connectivity index (χ1n) is 6.57. The first-order valence-corrected chi connectivity index (χ1v) is 6.57. The molecule has 1 fully saturated rings. The molecule has 17 heavy (non-hydrogen) atoms. The zero-order valence-corrected chi connectivity index (χ0v) is 10.8. The molecule has 1 heterocycles. The summed E-state index contributed by atoms with van der Waals surface area (Å²) in [5.74, 6) is 0. The van der Waals surface area contributed by atoms with Gasteiger partial charge in [0.25, 0.3) is 0 Å². The Morgan fingerprint density at radius 1 is 1.47 bits per heavy atom. The van der Waals surface area contributed by atoms with E-state index in [0.717, 1.165) is 11.3 Å². The summed E-state index contributed by atoms with van der Waals surface area (Å²) in [6, 6.07) is 0.590. The van der Waals surface area contributed by atoms with Crippen LogP contribution in [-0.2, 0) is 7.05 Å². The summed E-state index contributed by atoms with van der Waals surface area (Å²) in [6.45, 7) is 2.19. The molecule has 2 rings (SSSR count). The van der Waals surface area contributed by atoms with E-state index >= 15 is 0 Å². The van der Waals surface area contributed by atoms with E-state index in [1.807, 2.05) is 24.9 Å². The van der Waals surface area contributed by atoms with Crippen LogP contribution in [0.4, 0.5) is 0 Å². The molecule has 0 aliphatic heterocycles. The molecule has 0 amide bonds. The highest BCUT2D eigenvalue weighted by atomic mass is 16.3. The second kappa shape index (κ2) is 5.65. The Kier molecular flexibility index (Phi) is 4.18. The predicted octanol–water partition coefficient (Wildman–Crippen LogP) is 1.68. The Labute approximate surface area is 103 Å². The van der Waals surface area contributed by atoms with Crippen molar-refractivity contribution in [3.63, 3.8) is 0 Å². The first-order chi connectivity index (χ1) is 8.22. The Bertz CT molecular complexity index is 356. The van der Waals surface area contributed by atoms with Crippen molar-refractivity contribution in [3.05, 3.63) is 17.5 Å². The highest BCUT2D eigenvalue weighted by molar-refractivity contribution is 5.20. The maximum absolute atomic E-state index is 9.54. The van der Waals surface area contributed by atoms with Crippen molar-refractivity contribution in [1.82, 2.24) is 15.1 Å². The zero-order valence-electron chi connectivity index (χ0n) is 10.8. The molecule has 1 aliphatic rings. The summed E-state index contributed by atoms with van der Waals surface area (Å²) in [6.07, 6.45) is 8.30. The van der Waals surface area contributed by atoms with E-state index in [2.05, 4.69) is 10.4 Å². The number of aromatic nitrogens is 2. The fourth-order valence-corrected chi connectivity index (χ4v) is 2.65. The lowest BCUT2D eigenvalue weighted by atomic mass is 9.94. The fraction of sp³-hybridized carbons (Fsp3) is 0.769. The van der Waals surface area contributed by atoms with Crippen LogP contribution in [0.2, 0.25) is 0 Å². The number of aryl methyl sites for hydroxylation is 1. The molecule has 1 saturated carbocycles. The molecule has 0 aromatic carbocycles. The van der Waals surface area contributed by atoms with Crippen LogP contribution in [0.25, 0.3) is 0 Å². The zero-order chi connectivity index (χ0) is 12.3. The summed E-state index contributed by atoms with van der Waals surface area (Å²) in [5, 5.41) is 17.4. The van der Waals surface area contributed by atoms with Crippen LogP contribution in [0.5, 0.6) is 0 Å². The third-order valence-electron chi connectivity index (χ3n) is 3.87. The van der Waals surface area contributed by atoms with Gasteiger partial charge in [-0.25, -0.2) is 0 Å². The summed E-state index contributed by atoms with van der Waals surface area (Å²) >= 11 is 0. The molecule has 4 heteroatoms. The van der Waals surface area contributed by atoms with Gasteiger partial charge in [0.2, 0.25) is 0 Å². The third-order valence-corrected chi connectivity index (χ3v) is 3.87. The van der Waals surface area contributed by atoms with Crippen molar-refractivity contribution in [2.45, 2.75) is 51.1 Å². The Morgan fingerprint density at radius 3 is 2.71 bits per heavy atom. The van der Waals surface area contributed by atoms with Crippen molar-refractivity contribution in [2.24, 2.45) is 7.05 Å². The van der Waals surface area contributed by atoms with Crippen LogP contribution in [-0.4, -0.2) is 27.5 Å². The summed E-state index contributed by atoms with van der Waals surface area (Å²) in [4.78, 5) is 0. The van der Waals surface area contributed by atoms with Gasteiger partial charge in [-0.05, 0) is 19.8 Å². The van der Waals surface area contributed by atoms with Gasteiger partial charge in [-0.1, -0.05) is 19.3 Å². The molecule has 0 radical (unpaired) electrons. The molecule has 0 saturated heterocycles. The Morgan fingerprint density at radius 2 is 2.18 bits per heavy atom. The standard InChI is InChI=1S/C13H23N3O/c1-10-12(8-14-16(10)2)13(9-17)15-11-6-4-3-5-7-11/h8,11,13,15,17H,3-7,9H2,1-2H3. The van der Waals surface area contributed by atoms with Crippen LogP contribution in [0.15, 0.2) is 6.20 Å². The normalized spacial score (nSPS) is 19.5. The van der Waals surface area contributed by atoms with Crippen LogP contribution in [0.3, 0.4) is 0 Å². The molecule has 1 aromatic rings. The molecule has 4 nitrogen and oxygen atoms in total. The Hall–Kier alpha value is -0.870. The minimum Gasteiger partial charge on any atom is -0.394 e. The molecule has 1 aliphatic carbocycles. The molecule has 1 atom stereocenters. The average molecular weight is 237 g/mol. The van der Waals surface area contributed by atoms with Gasteiger partial charge in [0.15, 0.2) is 0 Å². The molecule has 1 aromatic heterocycles. The van der Waals surface area contributed by atoms with Crippen LogP contribution >= 0.6 is 0 Å². The quantitative estimate of drug-likeness (QED) is 0.837. The third kappa shape index (κ3) is 2.87. The van der Waals surface area contributed by atoms with Crippen molar-refractivity contribution in [1.29, 1.82) is 0 Å². The number of nitrogens with zero attached hydrogens (tertiary/aromatic N) is 2. The van der Waals surface area contributed by atoms with Gasteiger partial charge in [0, 0.05) is 24.3 Å². The van der Waals surface area contributed by atoms with Crippen LogP contribution in [0, 0.1) is 6.92 Å². The summed E-state index contributed by atoms with van der Waals surface area (Å²) in [5.41, 5.74) is 2.26. The number of aliphatic hydroxyl groups is 1. The number of hydrogen-bond donors (Lipinski definition) is 2. The molecular weight excluding hydrogens is 214 g/mol. The van der Waals surface area contributed by atoms with E-state index in [0.29, 0.717) is 6.04 Å². The summed E-state index contributed by atoms with van der Waals surface area (Å²) in [7, 11) is 1.94. The second-order valence-electron chi connectivity index (χ2n) is 5.05. The van der Waals surface area contributed by atoms with Gasteiger partial charge in [-0.2, -0.15) is 5.10 Å².